The van der Waals surface area contributed by atoms with Gasteiger partial charge in [0, 0.05) is 11.6 Å². The topological polar surface area (TPSA) is 56.1 Å². The lowest BCUT2D eigenvalue weighted by atomic mass is 9.90. The van der Waals surface area contributed by atoms with Crippen LogP contribution in [0.25, 0.3) is 0 Å². The van der Waals surface area contributed by atoms with E-state index in [1.54, 1.807) is 6.92 Å². The first kappa shape index (κ1) is 17.5. The zero-order chi connectivity index (χ0) is 16.0. The lowest BCUT2D eigenvalue weighted by Crippen LogP contribution is -2.51. The van der Waals surface area contributed by atoms with E-state index in [1.807, 2.05) is 50.1 Å². The molecule has 1 rings (SSSR count). The maximum atomic E-state index is 12.1. The van der Waals surface area contributed by atoms with Crippen LogP contribution in [0.2, 0.25) is 5.02 Å². The molecule has 1 N–H and O–H groups in total. The molecule has 0 saturated heterocycles. The van der Waals surface area contributed by atoms with Crippen LogP contribution in [-0.4, -0.2) is 29.9 Å². The molecule has 114 valence electrons. The number of nitriles is 1. The normalized spacial score (nSPS) is 13.8. The zero-order valence-corrected chi connectivity index (χ0v) is 13.7. The summed E-state index contributed by atoms with van der Waals surface area (Å²) in [5, 5.41) is 12.7. The molecule has 0 aliphatic heterocycles. The lowest BCUT2D eigenvalue weighted by molar-refractivity contribution is -0.123. The Bertz CT molecular complexity index is 539. The first-order chi connectivity index (χ1) is 9.76. The van der Waals surface area contributed by atoms with Crippen LogP contribution in [0.15, 0.2) is 24.3 Å². The van der Waals surface area contributed by atoms with E-state index < -0.39 is 5.54 Å². The van der Waals surface area contributed by atoms with E-state index in [0.717, 1.165) is 5.56 Å². The Labute approximate surface area is 131 Å². The van der Waals surface area contributed by atoms with Gasteiger partial charge in [-0.2, -0.15) is 5.26 Å². The van der Waals surface area contributed by atoms with Crippen LogP contribution in [-0.2, 0) is 11.3 Å². The fourth-order valence-electron chi connectivity index (χ4n) is 1.88. The number of hydrogen-bond donors (Lipinski definition) is 1. The summed E-state index contributed by atoms with van der Waals surface area (Å²) >= 11 is 5.94. The van der Waals surface area contributed by atoms with Crippen molar-refractivity contribution in [2.24, 2.45) is 5.92 Å². The second-order valence-electron chi connectivity index (χ2n) is 5.82. The minimum Gasteiger partial charge on any atom is -0.337 e. The maximum absolute atomic E-state index is 12.1. The van der Waals surface area contributed by atoms with Crippen LogP contribution >= 0.6 is 11.6 Å². The van der Waals surface area contributed by atoms with Gasteiger partial charge in [0.2, 0.25) is 5.91 Å². The molecule has 4 nitrogen and oxygen atoms in total. The molecule has 0 aliphatic carbocycles. The molecule has 0 bridgehead atoms. The third-order valence-corrected chi connectivity index (χ3v) is 3.78. The van der Waals surface area contributed by atoms with E-state index in [9.17, 15) is 10.1 Å². The molecule has 1 atom stereocenters. The van der Waals surface area contributed by atoms with Crippen molar-refractivity contribution in [1.82, 2.24) is 10.2 Å². The smallest absolute Gasteiger partial charge is 0.235 e. The molecule has 21 heavy (non-hydrogen) atoms. The van der Waals surface area contributed by atoms with Crippen LogP contribution in [0.4, 0.5) is 0 Å². The average Bonchev–Trinajstić information content (AvgIpc) is 2.37. The van der Waals surface area contributed by atoms with Gasteiger partial charge < -0.3 is 5.32 Å². The SMILES string of the molecule is CC(C)[C@](C)(C#N)NC(=O)CN(C)Cc1cccc(Cl)c1. The van der Waals surface area contributed by atoms with E-state index in [0.29, 0.717) is 11.6 Å². The highest BCUT2D eigenvalue weighted by Gasteiger charge is 2.30. The number of rotatable bonds is 6. The molecule has 0 aromatic heterocycles. The Morgan fingerprint density at radius 3 is 2.71 bits per heavy atom. The predicted molar refractivity (Wildman–Crippen MR) is 84.8 cm³/mol. The average molecular weight is 308 g/mol. The minimum absolute atomic E-state index is 0.0460. The van der Waals surface area contributed by atoms with Crippen LogP contribution in [0, 0.1) is 17.2 Å². The summed E-state index contributed by atoms with van der Waals surface area (Å²) in [6.45, 7) is 6.43. The molecule has 1 aromatic rings. The van der Waals surface area contributed by atoms with Crippen molar-refractivity contribution >= 4 is 17.5 Å². The van der Waals surface area contributed by atoms with Crippen LogP contribution < -0.4 is 5.32 Å². The summed E-state index contributed by atoms with van der Waals surface area (Å²) in [6, 6.07) is 9.72. The second-order valence-corrected chi connectivity index (χ2v) is 6.26. The van der Waals surface area contributed by atoms with Gasteiger partial charge >= 0.3 is 0 Å². The Morgan fingerprint density at radius 2 is 2.19 bits per heavy atom. The quantitative estimate of drug-likeness (QED) is 0.879. The zero-order valence-electron chi connectivity index (χ0n) is 13.0. The summed E-state index contributed by atoms with van der Waals surface area (Å²) in [6.07, 6.45) is 0. The Kier molecular flexibility index (Phi) is 6.19. The van der Waals surface area contributed by atoms with E-state index in [2.05, 4.69) is 11.4 Å². The van der Waals surface area contributed by atoms with Crippen molar-refractivity contribution in [3.63, 3.8) is 0 Å². The van der Waals surface area contributed by atoms with E-state index in [1.165, 1.54) is 0 Å². The monoisotopic (exact) mass is 307 g/mol. The highest BCUT2D eigenvalue weighted by Crippen LogP contribution is 2.15. The Balaban J connectivity index is 2.57. The first-order valence-corrected chi connectivity index (χ1v) is 7.30. The van der Waals surface area contributed by atoms with Crippen molar-refractivity contribution in [3.8, 4) is 6.07 Å². The van der Waals surface area contributed by atoms with Crippen LogP contribution in [0.3, 0.4) is 0 Å². The number of likely N-dealkylation sites (N-methyl/N-ethyl adjacent to an activating group) is 1. The molecule has 0 saturated carbocycles. The third-order valence-electron chi connectivity index (χ3n) is 3.54. The van der Waals surface area contributed by atoms with Gasteiger partial charge in [0.25, 0.3) is 0 Å². The molecule has 0 heterocycles. The van der Waals surface area contributed by atoms with Gasteiger partial charge in [-0.15, -0.1) is 0 Å². The largest absolute Gasteiger partial charge is 0.337 e. The summed E-state index contributed by atoms with van der Waals surface area (Å²) in [4.78, 5) is 13.9. The van der Waals surface area contributed by atoms with Gasteiger partial charge in [0.1, 0.15) is 5.54 Å². The summed E-state index contributed by atoms with van der Waals surface area (Å²) in [5.41, 5.74) is 0.207. The molecule has 0 unspecified atom stereocenters. The standard InChI is InChI=1S/C16H22ClN3O/c1-12(2)16(3,11-18)19-15(21)10-20(4)9-13-6-5-7-14(17)8-13/h5-8,12H,9-10H2,1-4H3,(H,19,21)/t16-/m0/s1. The van der Waals surface area contributed by atoms with Gasteiger partial charge in [-0.1, -0.05) is 37.6 Å². The third kappa shape index (κ3) is 5.37. The van der Waals surface area contributed by atoms with Crippen molar-refractivity contribution in [2.75, 3.05) is 13.6 Å². The number of amides is 1. The van der Waals surface area contributed by atoms with Crippen molar-refractivity contribution in [2.45, 2.75) is 32.9 Å². The summed E-state index contributed by atoms with van der Waals surface area (Å²) in [5.74, 6) is -0.109. The van der Waals surface area contributed by atoms with Gasteiger partial charge in [-0.3, -0.25) is 9.69 Å². The molecule has 1 aromatic carbocycles. The molecule has 0 aliphatic rings. The lowest BCUT2D eigenvalue weighted by Gasteiger charge is -2.28. The molecular formula is C16H22ClN3O. The molecule has 0 spiro atoms. The molecule has 0 fully saturated rings. The van der Waals surface area contributed by atoms with Crippen molar-refractivity contribution in [3.05, 3.63) is 34.9 Å². The number of carbonyl (C=O) groups excluding carboxylic acids is 1. The number of benzene rings is 1. The van der Waals surface area contributed by atoms with Crippen LogP contribution in [0.5, 0.6) is 0 Å². The maximum Gasteiger partial charge on any atom is 0.235 e. The molecule has 1 amide bonds. The fraction of sp³-hybridized carbons (Fsp3) is 0.500. The number of halogens is 1. The summed E-state index contributed by atoms with van der Waals surface area (Å²) < 4.78 is 0. The van der Waals surface area contributed by atoms with E-state index in [-0.39, 0.29) is 18.4 Å². The molecular weight excluding hydrogens is 286 g/mol. The molecule has 5 heteroatoms. The second kappa shape index (κ2) is 7.44. The highest BCUT2D eigenvalue weighted by molar-refractivity contribution is 6.30. The molecule has 0 radical (unpaired) electrons. The Morgan fingerprint density at radius 1 is 1.52 bits per heavy atom. The number of nitrogens with one attached hydrogen (secondary N) is 1. The Hall–Kier alpha value is -1.57. The fourth-order valence-corrected chi connectivity index (χ4v) is 2.09. The van der Waals surface area contributed by atoms with Gasteiger partial charge in [0.15, 0.2) is 0 Å². The van der Waals surface area contributed by atoms with Gasteiger partial charge in [0.05, 0.1) is 12.6 Å². The van der Waals surface area contributed by atoms with E-state index >= 15 is 0 Å². The highest BCUT2D eigenvalue weighted by atomic mass is 35.5. The number of nitrogens with zero attached hydrogens (tertiary/aromatic N) is 2. The van der Waals surface area contributed by atoms with E-state index in [4.69, 9.17) is 11.6 Å². The number of carbonyl (C=O) groups is 1. The number of hydrogen-bond acceptors (Lipinski definition) is 3. The van der Waals surface area contributed by atoms with Crippen molar-refractivity contribution in [1.29, 1.82) is 5.26 Å². The van der Waals surface area contributed by atoms with Crippen LogP contribution in [0.1, 0.15) is 26.3 Å². The first-order valence-electron chi connectivity index (χ1n) is 6.92. The van der Waals surface area contributed by atoms with Gasteiger partial charge in [-0.25, -0.2) is 0 Å². The van der Waals surface area contributed by atoms with Gasteiger partial charge in [-0.05, 0) is 37.6 Å². The predicted octanol–water partition coefficient (Wildman–Crippen LogP) is 2.83. The minimum atomic E-state index is -0.839. The summed E-state index contributed by atoms with van der Waals surface area (Å²) in [7, 11) is 1.86. The van der Waals surface area contributed by atoms with Crippen molar-refractivity contribution < 1.29 is 4.79 Å².